The number of hydrogen-bond donors (Lipinski definition) is 3. The van der Waals surface area contributed by atoms with E-state index in [1.165, 1.54) is 6.07 Å². The average molecular weight is 254 g/mol. The highest BCUT2D eigenvalue weighted by Crippen LogP contribution is 2.24. The van der Waals surface area contributed by atoms with Crippen LogP contribution in [0.25, 0.3) is 0 Å². The van der Waals surface area contributed by atoms with Gasteiger partial charge in [0.2, 0.25) is 0 Å². The van der Waals surface area contributed by atoms with Gasteiger partial charge in [-0.2, -0.15) is 0 Å². The number of hydrazine groups is 1. The Hall–Kier alpha value is -1.70. The second-order valence-corrected chi connectivity index (χ2v) is 3.85. The zero-order chi connectivity index (χ0) is 13.5. The van der Waals surface area contributed by atoms with Gasteiger partial charge in [-0.15, -0.1) is 0 Å². The zero-order valence-electron chi connectivity index (χ0n) is 10.3. The summed E-state index contributed by atoms with van der Waals surface area (Å²) in [6.07, 6.45) is 0. The lowest BCUT2D eigenvalue weighted by Gasteiger charge is -2.19. The highest BCUT2D eigenvalue weighted by Gasteiger charge is 2.14. The molecular weight excluding hydrogens is 236 g/mol. The molecule has 0 radical (unpaired) electrons. The van der Waals surface area contributed by atoms with Gasteiger partial charge in [0.15, 0.2) is 0 Å². The average Bonchev–Trinajstić information content (AvgIpc) is 2.37. The Morgan fingerprint density at radius 1 is 1.56 bits per heavy atom. The summed E-state index contributed by atoms with van der Waals surface area (Å²) >= 11 is 0. The summed E-state index contributed by atoms with van der Waals surface area (Å²) in [7, 11) is 0. The Morgan fingerprint density at radius 2 is 2.28 bits per heavy atom. The molecule has 0 heterocycles. The maximum Gasteiger partial charge on any atom is 0.293 e. The van der Waals surface area contributed by atoms with Gasteiger partial charge in [-0.3, -0.25) is 20.9 Å². The molecular formula is C11H18N4O3. The van der Waals surface area contributed by atoms with E-state index >= 15 is 0 Å². The van der Waals surface area contributed by atoms with Crippen LogP contribution in [0.15, 0.2) is 18.2 Å². The zero-order valence-corrected chi connectivity index (χ0v) is 10.3. The molecule has 1 rings (SSSR count). The topological polar surface area (TPSA) is 105 Å². The summed E-state index contributed by atoms with van der Waals surface area (Å²) in [4.78, 5) is 12.3. The van der Waals surface area contributed by atoms with Gasteiger partial charge in [0, 0.05) is 19.2 Å². The number of aliphatic hydroxyl groups is 1. The van der Waals surface area contributed by atoms with Gasteiger partial charge in [-0.05, 0) is 18.2 Å². The Balaban J connectivity index is 2.88. The van der Waals surface area contributed by atoms with Crippen molar-refractivity contribution >= 4 is 11.4 Å². The van der Waals surface area contributed by atoms with Crippen LogP contribution in [0.1, 0.15) is 12.5 Å². The van der Waals surface area contributed by atoms with E-state index in [0.717, 1.165) is 12.1 Å². The summed E-state index contributed by atoms with van der Waals surface area (Å²) in [6, 6.07) is 4.77. The largest absolute Gasteiger partial charge is 0.395 e. The fourth-order valence-electron chi connectivity index (χ4n) is 1.70. The number of nitrogens with zero attached hydrogens (tertiary/aromatic N) is 2. The molecule has 0 saturated carbocycles. The Bertz CT molecular complexity index is 411. The molecule has 0 saturated heterocycles. The lowest BCUT2D eigenvalue weighted by molar-refractivity contribution is -0.384. The van der Waals surface area contributed by atoms with Crippen molar-refractivity contribution in [2.24, 2.45) is 5.84 Å². The summed E-state index contributed by atoms with van der Waals surface area (Å²) < 4.78 is 0. The van der Waals surface area contributed by atoms with Crippen molar-refractivity contribution < 1.29 is 10.0 Å². The number of anilines is 1. The number of nitrogens with one attached hydrogen (secondary N) is 1. The molecule has 100 valence electrons. The fraction of sp³-hybridized carbons (Fsp3) is 0.455. The molecule has 4 N–H and O–H groups in total. The van der Waals surface area contributed by atoms with Gasteiger partial charge < -0.3 is 10.5 Å². The molecule has 0 atom stereocenters. The van der Waals surface area contributed by atoms with E-state index in [-0.39, 0.29) is 18.0 Å². The monoisotopic (exact) mass is 254 g/mol. The van der Waals surface area contributed by atoms with Gasteiger partial charge in [-0.25, -0.2) is 0 Å². The van der Waals surface area contributed by atoms with Crippen LogP contribution in [-0.2, 0) is 6.54 Å². The van der Waals surface area contributed by atoms with Crippen LogP contribution >= 0.6 is 0 Å². The lowest BCUT2D eigenvalue weighted by Crippen LogP contribution is -2.26. The minimum absolute atomic E-state index is 0.0496. The van der Waals surface area contributed by atoms with Crippen molar-refractivity contribution in [3.63, 3.8) is 0 Å². The number of nitro groups is 1. The molecule has 0 spiro atoms. The normalized spacial score (nSPS) is 10.7. The number of aliphatic hydroxyl groups excluding tert-OH is 1. The molecule has 0 bridgehead atoms. The first-order chi connectivity index (χ1) is 8.62. The highest BCUT2D eigenvalue weighted by atomic mass is 16.6. The first-order valence-corrected chi connectivity index (χ1v) is 5.69. The molecule has 0 aliphatic carbocycles. The molecule has 0 aliphatic heterocycles. The summed E-state index contributed by atoms with van der Waals surface area (Å²) in [5.41, 5.74) is 3.48. The van der Waals surface area contributed by atoms with Crippen molar-refractivity contribution in [1.82, 2.24) is 4.90 Å². The molecule has 0 amide bonds. The van der Waals surface area contributed by atoms with E-state index in [4.69, 9.17) is 10.9 Å². The third-order valence-corrected chi connectivity index (χ3v) is 2.68. The number of benzene rings is 1. The Labute approximate surface area is 105 Å². The molecule has 0 fully saturated rings. The van der Waals surface area contributed by atoms with E-state index in [0.29, 0.717) is 13.1 Å². The molecule has 0 aliphatic rings. The van der Waals surface area contributed by atoms with Crippen LogP contribution in [0.5, 0.6) is 0 Å². The number of nitrogen functional groups attached to an aromatic ring is 1. The van der Waals surface area contributed by atoms with E-state index in [2.05, 4.69) is 5.43 Å². The van der Waals surface area contributed by atoms with Crippen molar-refractivity contribution in [2.75, 3.05) is 25.1 Å². The van der Waals surface area contributed by atoms with Crippen molar-refractivity contribution in [1.29, 1.82) is 0 Å². The minimum atomic E-state index is -0.482. The van der Waals surface area contributed by atoms with Gasteiger partial charge in [0.25, 0.3) is 5.69 Å². The summed E-state index contributed by atoms with van der Waals surface area (Å²) in [5.74, 6) is 5.27. The fourth-order valence-corrected chi connectivity index (χ4v) is 1.70. The molecule has 1 aromatic carbocycles. The van der Waals surface area contributed by atoms with Gasteiger partial charge in [0.05, 0.1) is 11.5 Å². The highest BCUT2D eigenvalue weighted by molar-refractivity contribution is 5.62. The second kappa shape index (κ2) is 6.90. The summed E-state index contributed by atoms with van der Waals surface area (Å²) in [5, 5.41) is 19.6. The minimum Gasteiger partial charge on any atom is -0.395 e. The third kappa shape index (κ3) is 3.66. The van der Waals surface area contributed by atoms with Crippen LogP contribution < -0.4 is 11.3 Å². The molecule has 18 heavy (non-hydrogen) atoms. The van der Waals surface area contributed by atoms with Crippen LogP contribution in [0.3, 0.4) is 0 Å². The SMILES string of the molecule is CCN(CCO)Cc1ccc([N+](=O)[O-])c(NN)c1. The molecule has 0 aromatic heterocycles. The third-order valence-electron chi connectivity index (χ3n) is 2.68. The lowest BCUT2D eigenvalue weighted by atomic mass is 10.1. The van der Waals surface area contributed by atoms with E-state index in [1.54, 1.807) is 12.1 Å². The number of nitrogens with two attached hydrogens (primary N) is 1. The van der Waals surface area contributed by atoms with Crippen molar-refractivity contribution in [2.45, 2.75) is 13.5 Å². The van der Waals surface area contributed by atoms with Gasteiger partial charge >= 0.3 is 0 Å². The summed E-state index contributed by atoms with van der Waals surface area (Å²) in [6.45, 7) is 4.05. The maximum atomic E-state index is 10.7. The standard InChI is InChI=1S/C11H18N4O3/c1-2-14(5-6-16)8-9-3-4-11(15(17)18)10(7-9)13-12/h3-4,7,13,16H,2,5-6,8,12H2,1H3. The molecule has 7 nitrogen and oxygen atoms in total. The van der Waals surface area contributed by atoms with Crippen LogP contribution in [0.4, 0.5) is 11.4 Å². The van der Waals surface area contributed by atoms with Crippen LogP contribution in [0, 0.1) is 10.1 Å². The van der Waals surface area contributed by atoms with Crippen molar-refractivity contribution in [3.05, 3.63) is 33.9 Å². The van der Waals surface area contributed by atoms with E-state index in [9.17, 15) is 10.1 Å². The molecule has 0 unspecified atom stereocenters. The maximum absolute atomic E-state index is 10.7. The van der Waals surface area contributed by atoms with Crippen LogP contribution in [0.2, 0.25) is 0 Å². The number of hydrogen-bond acceptors (Lipinski definition) is 6. The first-order valence-electron chi connectivity index (χ1n) is 5.69. The predicted octanol–water partition coefficient (Wildman–Crippen LogP) is 0.695. The van der Waals surface area contributed by atoms with Gasteiger partial charge in [0.1, 0.15) is 5.69 Å². The quantitative estimate of drug-likeness (QED) is 0.376. The molecule has 1 aromatic rings. The molecule has 7 heteroatoms. The second-order valence-electron chi connectivity index (χ2n) is 3.85. The van der Waals surface area contributed by atoms with E-state index < -0.39 is 4.92 Å². The first kappa shape index (κ1) is 14.4. The number of likely N-dealkylation sites (N-methyl/N-ethyl adjacent to an activating group) is 1. The van der Waals surface area contributed by atoms with Crippen LogP contribution in [-0.4, -0.2) is 34.6 Å². The predicted molar refractivity (Wildman–Crippen MR) is 68.9 cm³/mol. The number of rotatable bonds is 7. The van der Waals surface area contributed by atoms with Crippen molar-refractivity contribution in [3.8, 4) is 0 Å². The number of nitro benzene ring substituents is 1. The smallest absolute Gasteiger partial charge is 0.293 e. The Kier molecular flexibility index (Phi) is 5.50. The van der Waals surface area contributed by atoms with Gasteiger partial charge in [-0.1, -0.05) is 13.0 Å². The van der Waals surface area contributed by atoms with E-state index in [1.807, 2.05) is 11.8 Å². The Morgan fingerprint density at radius 3 is 2.78 bits per heavy atom.